The lowest BCUT2D eigenvalue weighted by Gasteiger charge is -2.30. The van der Waals surface area contributed by atoms with Gasteiger partial charge >= 0.3 is 12.1 Å². The standard InChI is InChI=1S/C32H35N5O5/c1-32(2,3)42-31(39)36-13-10-23-27(19-36)35-37(29(23)20-11-14-41-15-12-20)28-7-5-6-21-16-26(34-18-24(21)28)22-8-9-25(33-17-22)30(38)40-4/h5-9,16-18,20H,10-15,19H2,1-4H3. The fourth-order valence-electron chi connectivity index (χ4n) is 5.74. The van der Waals surface area contributed by atoms with Gasteiger partial charge < -0.3 is 19.1 Å². The molecule has 6 rings (SSSR count). The first-order chi connectivity index (χ1) is 20.2. The first-order valence-electron chi connectivity index (χ1n) is 14.3. The zero-order valence-corrected chi connectivity index (χ0v) is 24.4. The summed E-state index contributed by atoms with van der Waals surface area (Å²) in [6.07, 6.45) is 5.77. The van der Waals surface area contributed by atoms with Crippen LogP contribution in [-0.4, -0.2) is 69.2 Å². The molecule has 0 aliphatic carbocycles. The highest BCUT2D eigenvalue weighted by molar-refractivity contribution is 5.92. The average molecular weight is 570 g/mol. The SMILES string of the molecule is COC(=O)c1ccc(-c2cc3cccc(-n4nc5c(c4C4CCOCC4)CCN(C(=O)OC(C)(C)C)C5)c3cn2)cn1. The van der Waals surface area contributed by atoms with E-state index in [0.29, 0.717) is 19.0 Å². The summed E-state index contributed by atoms with van der Waals surface area (Å²) in [5, 5.41) is 7.12. The van der Waals surface area contributed by atoms with Crippen LogP contribution in [0, 0.1) is 0 Å². The minimum Gasteiger partial charge on any atom is -0.464 e. The maximum atomic E-state index is 12.9. The number of nitrogens with zero attached hydrogens (tertiary/aromatic N) is 5. The number of hydrogen-bond donors (Lipinski definition) is 0. The second-order valence-corrected chi connectivity index (χ2v) is 11.8. The van der Waals surface area contributed by atoms with Crippen LogP contribution in [0.1, 0.15) is 67.0 Å². The van der Waals surface area contributed by atoms with Crippen LogP contribution < -0.4 is 0 Å². The molecule has 0 N–H and O–H groups in total. The monoisotopic (exact) mass is 569 g/mol. The molecular weight excluding hydrogens is 534 g/mol. The Bertz CT molecular complexity index is 1630. The van der Waals surface area contributed by atoms with Crippen LogP contribution in [0.3, 0.4) is 0 Å². The number of ether oxygens (including phenoxy) is 3. The number of fused-ring (bicyclic) bond motifs is 2. The second kappa shape index (κ2) is 11.2. The third-order valence-electron chi connectivity index (χ3n) is 7.76. The van der Waals surface area contributed by atoms with Crippen LogP contribution in [0.4, 0.5) is 4.79 Å². The summed E-state index contributed by atoms with van der Waals surface area (Å²) in [6.45, 7) is 8.09. The molecule has 0 saturated carbocycles. The lowest BCUT2D eigenvalue weighted by Crippen LogP contribution is -2.40. The molecule has 0 unspecified atom stereocenters. The summed E-state index contributed by atoms with van der Waals surface area (Å²) in [6, 6.07) is 11.6. The van der Waals surface area contributed by atoms with Gasteiger partial charge in [-0.25, -0.2) is 19.3 Å². The topological polar surface area (TPSA) is 109 Å². The van der Waals surface area contributed by atoms with Gasteiger partial charge in [-0.05, 0) is 69.7 Å². The minimum atomic E-state index is -0.557. The van der Waals surface area contributed by atoms with Crippen molar-refractivity contribution in [1.29, 1.82) is 0 Å². The molecule has 0 bridgehead atoms. The number of aromatic nitrogens is 4. The minimum absolute atomic E-state index is 0.248. The van der Waals surface area contributed by atoms with E-state index in [1.165, 1.54) is 18.4 Å². The number of esters is 1. The van der Waals surface area contributed by atoms with E-state index in [1.54, 1.807) is 17.2 Å². The highest BCUT2D eigenvalue weighted by Crippen LogP contribution is 2.37. The van der Waals surface area contributed by atoms with Gasteiger partial charge in [0, 0.05) is 54.6 Å². The van der Waals surface area contributed by atoms with Crippen LogP contribution >= 0.6 is 0 Å². The zero-order chi connectivity index (χ0) is 29.4. The van der Waals surface area contributed by atoms with Gasteiger partial charge in [0.1, 0.15) is 11.3 Å². The lowest BCUT2D eigenvalue weighted by molar-refractivity contribution is 0.0221. The fraction of sp³-hybridized carbons (Fsp3) is 0.406. The summed E-state index contributed by atoms with van der Waals surface area (Å²) < 4.78 is 18.2. The Morgan fingerprint density at radius 2 is 1.86 bits per heavy atom. The molecule has 1 fully saturated rings. The molecule has 42 heavy (non-hydrogen) atoms. The molecule has 2 aliphatic heterocycles. The second-order valence-electron chi connectivity index (χ2n) is 11.8. The molecule has 0 radical (unpaired) electrons. The maximum absolute atomic E-state index is 12.9. The molecule has 5 heterocycles. The van der Waals surface area contributed by atoms with E-state index in [-0.39, 0.29) is 11.8 Å². The van der Waals surface area contributed by atoms with Crippen molar-refractivity contribution in [2.24, 2.45) is 0 Å². The smallest absolute Gasteiger partial charge is 0.410 e. The van der Waals surface area contributed by atoms with Crippen LogP contribution in [0.5, 0.6) is 0 Å². The zero-order valence-electron chi connectivity index (χ0n) is 24.4. The number of carbonyl (C=O) groups excluding carboxylic acids is 2. The molecule has 4 aromatic rings. The number of hydrogen-bond acceptors (Lipinski definition) is 8. The third-order valence-corrected chi connectivity index (χ3v) is 7.76. The van der Waals surface area contributed by atoms with Gasteiger partial charge in [0.2, 0.25) is 0 Å². The maximum Gasteiger partial charge on any atom is 0.410 e. The molecule has 3 aromatic heterocycles. The first kappa shape index (κ1) is 27.8. The van der Waals surface area contributed by atoms with Gasteiger partial charge in [-0.2, -0.15) is 5.10 Å². The van der Waals surface area contributed by atoms with Crippen molar-refractivity contribution in [3.8, 4) is 16.9 Å². The van der Waals surface area contributed by atoms with Crippen molar-refractivity contribution in [3.63, 3.8) is 0 Å². The van der Waals surface area contributed by atoms with Crippen molar-refractivity contribution in [3.05, 3.63) is 71.4 Å². The molecule has 218 valence electrons. The summed E-state index contributed by atoms with van der Waals surface area (Å²) >= 11 is 0. The number of carbonyl (C=O) groups is 2. The first-order valence-corrected chi connectivity index (χ1v) is 14.3. The number of amides is 1. The van der Waals surface area contributed by atoms with Crippen LogP contribution in [0.15, 0.2) is 48.8 Å². The highest BCUT2D eigenvalue weighted by atomic mass is 16.6. The van der Waals surface area contributed by atoms with E-state index >= 15 is 0 Å². The van der Waals surface area contributed by atoms with Gasteiger partial charge in [0.25, 0.3) is 0 Å². The third kappa shape index (κ3) is 5.46. The van der Waals surface area contributed by atoms with Crippen LogP contribution in [0.2, 0.25) is 0 Å². The highest BCUT2D eigenvalue weighted by Gasteiger charge is 2.33. The van der Waals surface area contributed by atoms with Gasteiger partial charge in [-0.3, -0.25) is 4.98 Å². The summed E-state index contributed by atoms with van der Waals surface area (Å²) in [5.74, 6) is -0.168. The Morgan fingerprint density at radius 1 is 1.05 bits per heavy atom. The van der Waals surface area contributed by atoms with Gasteiger partial charge in [0.15, 0.2) is 0 Å². The predicted molar refractivity (Wildman–Crippen MR) is 157 cm³/mol. The van der Waals surface area contributed by atoms with Gasteiger partial charge in [-0.1, -0.05) is 12.1 Å². The molecule has 2 aliphatic rings. The summed E-state index contributed by atoms with van der Waals surface area (Å²) in [7, 11) is 1.33. The van der Waals surface area contributed by atoms with E-state index < -0.39 is 11.6 Å². The van der Waals surface area contributed by atoms with E-state index in [2.05, 4.69) is 21.8 Å². The predicted octanol–water partition coefficient (Wildman–Crippen LogP) is 5.46. The average Bonchev–Trinajstić information content (AvgIpc) is 3.38. The van der Waals surface area contributed by atoms with E-state index in [9.17, 15) is 9.59 Å². The van der Waals surface area contributed by atoms with Crippen molar-refractivity contribution < 1.29 is 23.8 Å². The normalized spacial score (nSPS) is 15.9. The quantitative estimate of drug-likeness (QED) is 0.298. The van der Waals surface area contributed by atoms with Crippen LogP contribution in [0.25, 0.3) is 27.7 Å². The van der Waals surface area contributed by atoms with E-state index in [1.807, 2.05) is 45.2 Å². The van der Waals surface area contributed by atoms with Crippen molar-refractivity contribution in [2.75, 3.05) is 26.9 Å². The summed E-state index contributed by atoms with van der Waals surface area (Å²) in [5.41, 5.74) is 5.53. The molecule has 1 amide bonds. The van der Waals surface area contributed by atoms with Gasteiger partial charge in [-0.15, -0.1) is 0 Å². The Kier molecular flexibility index (Phi) is 7.40. The molecule has 1 saturated heterocycles. The largest absolute Gasteiger partial charge is 0.464 e. The van der Waals surface area contributed by atoms with Crippen molar-refractivity contribution in [1.82, 2.24) is 24.6 Å². The lowest BCUT2D eigenvalue weighted by atomic mass is 9.90. The molecular formula is C32H35N5O5. The molecule has 10 heteroatoms. The number of rotatable bonds is 4. The van der Waals surface area contributed by atoms with Gasteiger partial charge in [0.05, 0.1) is 36.4 Å². The number of benzene rings is 1. The number of methoxy groups -OCH3 is 1. The van der Waals surface area contributed by atoms with E-state index in [0.717, 1.165) is 65.9 Å². The Hall–Kier alpha value is -4.31. The molecule has 0 atom stereocenters. The van der Waals surface area contributed by atoms with Crippen molar-refractivity contribution in [2.45, 2.75) is 58.1 Å². The van der Waals surface area contributed by atoms with E-state index in [4.69, 9.17) is 24.3 Å². The Morgan fingerprint density at radius 3 is 2.57 bits per heavy atom. The number of pyridine rings is 2. The Balaban J connectivity index is 1.39. The Labute approximate surface area is 244 Å². The molecule has 10 nitrogen and oxygen atoms in total. The molecule has 0 spiro atoms. The molecule has 1 aromatic carbocycles. The summed E-state index contributed by atoms with van der Waals surface area (Å²) in [4.78, 5) is 35.4. The van der Waals surface area contributed by atoms with Crippen molar-refractivity contribution >= 4 is 22.8 Å². The van der Waals surface area contributed by atoms with Crippen LogP contribution in [-0.2, 0) is 27.2 Å². The fourth-order valence-corrected chi connectivity index (χ4v) is 5.74.